The number of rotatable bonds is 6. The summed E-state index contributed by atoms with van der Waals surface area (Å²) >= 11 is 7.71. The molecular formula is C24H16ClF2N5OS. The normalized spacial score (nSPS) is 11.2. The summed E-state index contributed by atoms with van der Waals surface area (Å²) in [5.74, 6) is -0.134. The molecule has 3 aromatic carbocycles. The molecule has 0 spiro atoms. The SMILES string of the molecule is Cc1ccc(-c2nnc(CSc3nnc(-c4ccc(F)cc4F)n3-c3ccccc3Cl)o2)cc1. The van der Waals surface area contributed by atoms with Crippen LogP contribution in [-0.4, -0.2) is 25.0 Å². The third-order valence-corrected chi connectivity index (χ3v) is 6.22. The van der Waals surface area contributed by atoms with E-state index in [1.165, 1.54) is 23.9 Å². The van der Waals surface area contributed by atoms with E-state index in [-0.39, 0.29) is 11.4 Å². The topological polar surface area (TPSA) is 69.6 Å². The van der Waals surface area contributed by atoms with Crippen molar-refractivity contribution in [2.24, 2.45) is 0 Å². The molecule has 6 nitrogen and oxygen atoms in total. The minimum absolute atomic E-state index is 0.0973. The first-order valence-electron chi connectivity index (χ1n) is 10.2. The lowest BCUT2D eigenvalue weighted by Crippen LogP contribution is -2.02. The fourth-order valence-corrected chi connectivity index (χ4v) is 4.31. The lowest BCUT2D eigenvalue weighted by Gasteiger charge is -2.12. The Kier molecular flexibility index (Phi) is 6.12. The summed E-state index contributed by atoms with van der Waals surface area (Å²) in [7, 11) is 0. The molecule has 34 heavy (non-hydrogen) atoms. The van der Waals surface area contributed by atoms with E-state index < -0.39 is 11.6 Å². The second kappa shape index (κ2) is 9.36. The summed E-state index contributed by atoms with van der Waals surface area (Å²) in [6.45, 7) is 2.00. The Morgan fingerprint density at radius 3 is 2.50 bits per heavy atom. The van der Waals surface area contributed by atoms with E-state index in [4.69, 9.17) is 16.0 Å². The summed E-state index contributed by atoms with van der Waals surface area (Å²) in [5, 5.41) is 17.5. The van der Waals surface area contributed by atoms with Crippen molar-refractivity contribution >= 4 is 23.4 Å². The van der Waals surface area contributed by atoms with Gasteiger partial charge >= 0.3 is 0 Å². The number of hydrogen-bond acceptors (Lipinski definition) is 6. The molecule has 0 aliphatic rings. The van der Waals surface area contributed by atoms with Crippen molar-refractivity contribution in [2.75, 3.05) is 0 Å². The van der Waals surface area contributed by atoms with Crippen LogP contribution in [0.5, 0.6) is 0 Å². The highest BCUT2D eigenvalue weighted by Crippen LogP contribution is 2.33. The molecule has 0 saturated heterocycles. The van der Waals surface area contributed by atoms with Crippen LogP contribution in [0.2, 0.25) is 5.02 Å². The highest BCUT2D eigenvalue weighted by Gasteiger charge is 2.21. The van der Waals surface area contributed by atoms with Gasteiger partial charge in [0.1, 0.15) is 11.6 Å². The van der Waals surface area contributed by atoms with Gasteiger partial charge in [-0.25, -0.2) is 8.78 Å². The summed E-state index contributed by atoms with van der Waals surface area (Å²) in [5.41, 5.74) is 2.61. The number of benzene rings is 3. The third kappa shape index (κ3) is 4.44. The van der Waals surface area contributed by atoms with Gasteiger partial charge in [-0.1, -0.05) is 53.2 Å². The minimum Gasteiger partial charge on any atom is -0.420 e. The summed E-state index contributed by atoms with van der Waals surface area (Å²) < 4.78 is 35.5. The van der Waals surface area contributed by atoms with Crippen molar-refractivity contribution in [3.05, 3.63) is 94.8 Å². The van der Waals surface area contributed by atoms with Gasteiger partial charge in [-0.05, 0) is 43.3 Å². The van der Waals surface area contributed by atoms with Crippen LogP contribution in [0.1, 0.15) is 11.5 Å². The number of halogens is 3. The summed E-state index contributed by atoms with van der Waals surface area (Å²) in [6.07, 6.45) is 0. The van der Waals surface area contributed by atoms with Gasteiger partial charge in [-0.2, -0.15) is 0 Å². The second-order valence-electron chi connectivity index (χ2n) is 7.37. The number of aryl methyl sites for hydroxylation is 1. The average Bonchev–Trinajstić information content (AvgIpc) is 3.46. The number of nitrogens with zero attached hydrogens (tertiary/aromatic N) is 5. The van der Waals surface area contributed by atoms with Gasteiger partial charge in [0.05, 0.1) is 22.0 Å². The molecule has 0 amide bonds. The van der Waals surface area contributed by atoms with Gasteiger partial charge < -0.3 is 4.42 Å². The Morgan fingerprint density at radius 2 is 1.74 bits per heavy atom. The number of hydrogen-bond donors (Lipinski definition) is 0. The van der Waals surface area contributed by atoms with Crippen LogP contribution >= 0.6 is 23.4 Å². The molecule has 0 radical (unpaired) electrons. The van der Waals surface area contributed by atoms with Crippen LogP contribution in [0.4, 0.5) is 8.78 Å². The molecule has 0 atom stereocenters. The van der Waals surface area contributed by atoms with E-state index >= 15 is 0 Å². The van der Waals surface area contributed by atoms with Crippen LogP contribution in [0.15, 0.2) is 76.3 Å². The smallest absolute Gasteiger partial charge is 0.247 e. The lowest BCUT2D eigenvalue weighted by atomic mass is 10.1. The fourth-order valence-electron chi connectivity index (χ4n) is 3.31. The molecule has 2 heterocycles. The maximum atomic E-state index is 14.6. The van der Waals surface area contributed by atoms with Crippen molar-refractivity contribution < 1.29 is 13.2 Å². The fraction of sp³-hybridized carbons (Fsp3) is 0.0833. The highest BCUT2D eigenvalue weighted by atomic mass is 35.5. The van der Waals surface area contributed by atoms with Crippen LogP contribution in [0.3, 0.4) is 0 Å². The lowest BCUT2D eigenvalue weighted by molar-refractivity contribution is 0.528. The zero-order valence-corrected chi connectivity index (χ0v) is 19.3. The quantitative estimate of drug-likeness (QED) is 0.250. The van der Waals surface area contributed by atoms with E-state index in [0.29, 0.717) is 33.4 Å². The molecule has 0 N–H and O–H groups in total. The van der Waals surface area contributed by atoms with Crippen LogP contribution in [-0.2, 0) is 5.75 Å². The molecular weight excluding hydrogens is 480 g/mol. The van der Waals surface area contributed by atoms with Crippen LogP contribution in [0.25, 0.3) is 28.5 Å². The second-order valence-corrected chi connectivity index (χ2v) is 8.72. The number of para-hydroxylation sites is 1. The van der Waals surface area contributed by atoms with E-state index in [0.717, 1.165) is 17.2 Å². The molecule has 0 unspecified atom stereocenters. The largest absolute Gasteiger partial charge is 0.420 e. The molecule has 5 rings (SSSR count). The zero-order chi connectivity index (χ0) is 23.7. The molecule has 0 bridgehead atoms. The van der Waals surface area contributed by atoms with E-state index in [1.54, 1.807) is 28.8 Å². The summed E-state index contributed by atoms with van der Waals surface area (Å²) in [4.78, 5) is 0. The predicted molar refractivity (Wildman–Crippen MR) is 126 cm³/mol. The Morgan fingerprint density at radius 1 is 0.941 bits per heavy atom. The van der Waals surface area contributed by atoms with Crippen LogP contribution in [0, 0.1) is 18.6 Å². The van der Waals surface area contributed by atoms with Crippen molar-refractivity contribution in [1.29, 1.82) is 0 Å². The van der Waals surface area contributed by atoms with Gasteiger partial charge in [0.15, 0.2) is 11.0 Å². The maximum Gasteiger partial charge on any atom is 0.247 e. The average molecular weight is 496 g/mol. The first-order chi connectivity index (χ1) is 16.5. The predicted octanol–water partition coefficient (Wildman–Crippen LogP) is 6.52. The molecule has 0 aliphatic heterocycles. The van der Waals surface area contributed by atoms with E-state index in [2.05, 4.69) is 20.4 Å². The molecule has 0 aliphatic carbocycles. The maximum absolute atomic E-state index is 14.6. The Balaban J connectivity index is 1.48. The number of aromatic nitrogens is 5. The Hall–Kier alpha value is -3.56. The van der Waals surface area contributed by atoms with Crippen molar-refractivity contribution in [2.45, 2.75) is 17.8 Å². The molecule has 0 saturated carbocycles. The summed E-state index contributed by atoms with van der Waals surface area (Å²) in [6, 6.07) is 18.1. The molecule has 10 heteroatoms. The Labute approximate surface area is 202 Å². The first-order valence-corrected chi connectivity index (χ1v) is 11.5. The van der Waals surface area contributed by atoms with Gasteiger partial charge in [-0.3, -0.25) is 4.57 Å². The van der Waals surface area contributed by atoms with Gasteiger partial charge in [0, 0.05) is 11.6 Å². The first kappa shape index (κ1) is 22.2. The van der Waals surface area contributed by atoms with Gasteiger partial charge in [0.2, 0.25) is 11.8 Å². The van der Waals surface area contributed by atoms with Crippen molar-refractivity contribution in [1.82, 2.24) is 25.0 Å². The van der Waals surface area contributed by atoms with E-state index in [9.17, 15) is 8.78 Å². The van der Waals surface area contributed by atoms with Gasteiger partial charge in [-0.15, -0.1) is 20.4 Å². The third-order valence-electron chi connectivity index (χ3n) is 4.99. The minimum atomic E-state index is -0.753. The van der Waals surface area contributed by atoms with Crippen molar-refractivity contribution in [3.8, 4) is 28.5 Å². The molecule has 0 fully saturated rings. The van der Waals surface area contributed by atoms with Crippen LogP contribution < -0.4 is 0 Å². The van der Waals surface area contributed by atoms with Crippen molar-refractivity contribution in [3.63, 3.8) is 0 Å². The molecule has 5 aromatic rings. The molecule has 170 valence electrons. The standard InChI is InChI=1S/C24H16ClF2N5OS/c1-14-6-8-15(9-7-14)23-30-28-21(33-23)13-34-24-31-29-22(17-11-10-16(26)12-19(17)27)32(24)20-5-3-2-4-18(20)25/h2-12H,13H2,1H3. The van der Waals surface area contributed by atoms with Gasteiger partial charge in [0.25, 0.3) is 0 Å². The zero-order valence-electron chi connectivity index (χ0n) is 17.7. The number of thioether (sulfide) groups is 1. The Bertz CT molecular complexity index is 1470. The highest BCUT2D eigenvalue weighted by molar-refractivity contribution is 7.98. The molecule has 2 aromatic heterocycles. The monoisotopic (exact) mass is 495 g/mol. The van der Waals surface area contributed by atoms with E-state index in [1.807, 2.05) is 31.2 Å².